The third-order valence-corrected chi connectivity index (χ3v) is 11.1. The average Bonchev–Trinajstić information content (AvgIpc) is 3.60. The molecule has 0 saturated heterocycles. The first kappa shape index (κ1) is 25.2. The lowest BCUT2D eigenvalue weighted by atomic mass is 9.80. The Bertz CT molecular complexity index is 2580. The first-order valence-electron chi connectivity index (χ1n) is 16.1. The number of benzene rings is 7. The molecule has 214 valence electrons. The van der Waals surface area contributed by atoms with E-state index >= 15 is 0 Å². The Labute approximate surface area is 263 Å². The molecular formula is C44H33N. The quantitative estimate of drug-likeness (QED) is 0.183. The number of hydrogen-bond acceptors (Lipinski definition) is 0. The van der Waals surface area contributed by atoms with Gasteiger partial charge in [-0.3, -0.25) is 0 Å². The van der Waals surface area contributed by atoms with Gasteiger partial charge in [0.25, 0.3) is 0 Å². The van der Waals surface area contributed by atoms with Crippen molar-refractivity contribution >= 4 is 43.4 Å². The van der Waals surface area contributed by atoms with E-state index < -0.39 is 0 Å². The maximum Gasteiger partial charge on any atom is 0.0588 e. The van der Waals surface area contributed by atoms with E-state index in [2.05, 4.69) is 160 Å². The topological polar surface area (TPSA) is 4.93 Å². The summed E-state index contributed by atoms with van der Waals surface area (Å²) >= 11 is 0. The van der Waals surface area contributed by atoms with Gasteiger partial charge in [0.2, 0.25) is 0 Å². The van der Waals surface area contributed by atoms with Crippen LogP contribution in [-0.2, 0) is 10.8 Å². The van der Waals surface area contributed by atoms with Crippen LogP contribution in [0.2, 0.25) is 0 Å². The molecule has 0 N–H and O–H groups in total. The minimum atomic E-state index is -0.153. The van der Waals surface area contributed by atoms with E-state index in [1.807, 2.05) is 0 Å². The highest BCUT2D eigenvalue weighted by atomic mass is 15.0. The van der Waals surface area contributed by atoms with Gasteiger partial charge in [0, 0.05) is 27.3 Å². The molecule has 2 aliphatic rings. The molecule has 0 fully saturated rings. The van der Waals surface area contributed by atoms with E-state index in [9.17, 15) is 0 Å². The Morgan fingerprint density at radius 2 is 1.04 bits per heavy atom. The highest BCUT2D eigenvalue weighted by Gasteiger charge is 2.41. The van der Waals surface area contributed by atoms with Gasteiger partial charge in [-0.1, -0.05) is 131 Å². The van der Waals surface area contributed by atoms with Gasteiger partial charge in [-0.05, 0) is 90.3 Å². The molecule has 0 atom stereocenters. The van der Waals surface area contributed by atoms with E-state index in [0.29, 0.717) is 0 Å². The van der Waals surface area contributed by atoms with Crippen molar-refractivity contribution in [2.75, 3.05) is 0 Å². The summed E-state index contributed by atoms with van der Waals surface area (Å²) in [6.45, 7) is 9.64. The third kappa shape index (κ3) is 3.04. The summed E-state index contributed by atoms with van der Waals surface area (Å²) in [5, 5.41) is 7.94. The summed E-state index contributed by atoms with van der Waals surface area (Å²) in [6, 6.07) is 47.9. The maximum absolute atomic E-state index is 2.57. The number of fused-ring (bicyclic) bond motifs is 14. The Morgan fingerprint density at radius 1 is 0.444 bits per heavy atom. The van der Waals surface area contributed by atoms with Crippen LogP contribution >= 0.6 is 0 Å². The van der Waals surface area contributed by atoms with E-state index in [-0.39, 0.29) is 10.8 Å². The smallest absolute Gasteiger partial charge is 0.0588 e. The Balaban J connectivity index is 1.39. The molecule has 0 saturated carbocycles. The second-order valence-corrected chi connectivity index (χ2v) is 14.1. The fourth-order valence-corrected chi connectivity index (χ4v) is 9.01. The first-order valence-corrected chi connectivity index (χ1v) is 16.1. The van der Waals surface area contributed by atoms with Crippen molar-refractivity contribution in [2.45, 2.75) is 38.5 Å². The summed E-state index contributed by atoms with van der Waals surface area (Å²) in [5.74, 6) is 0. The van der Waals surface area contributed by atoms with Crippen LogP contribution < -0.4 is 0 Å². The molecule has 0 bridgehead atoms. The summed E-state index contributed by atoms with van der Waals surface area (Å²) < 4.78 is 2.57. The molecule has 8 aromatic rings. The molecule has 7 aromatic carbocycles. The molecule has 45 heavy (non-hydrogen) atoms. The second kappa shape index (κ2) is 8.31. The van der Waals surface area contributed by atoms with Crippen LogP contribution in [0, 0.1) is 0 Å². The molecule has 1 heteroatoms. The summed E-state index contributed by atoms with van der Waals surface area (Å²) in [4.78, 5) is 0. The van der Waals surface area contributed by atoms with Crippen LogP contribution in [0.5, 0.6) is 0 Å². The SMILES string of the molecule is CC1(C)c2cc3c4ccc5c(c4n(-c4ccccc4)c3cc2-c2c1ccc1ccccc21)C(C)(C)c1ccc2ccccc2c1-5. The Morgan fingerprint density at radius 3 is 1.73 bits per heavy atom. The Hall–Kier alpha value is -5.14. The highest BCUT2D eigenvalue weighted by Crippen LogP contribution is 2.57. The van der Waals surface area contributed by atoms with Gasteiger partial charge in [0.1, 0.15) is 0 Å². The fraction of sp³-hybridized carbons (Fsp3) is 0.136. The summed E-state index contributed by atoms with van der Waals surface area (Å²) in [6.07, 6.45) is 0. The molecule has 1 heterocycles. The van der Waals surface area contributed by atoms with Crippen molar-refractivity contribution in [3.05, 3.63) is 150 Å². The summed E-state index contributed by atoms with van der Waals surface area (Å²) in [7, 11) is 0. The van der Waals surface area contributed by atoms with Crippen LogP contribution in [0.3, 0.4) is 0 Å². The van der Waals surface area contributed by atoms with Gasteiger partial charge < -0.3 is 4.57 Å². The molecule has 2 aliphatic carbocycles. The summed E-state index contributed by atoms with van der Waals surface area (Å²) in [5.41, 5.74) is 14.8. The van der Waals surface area contributed by atoms with Gasteiger partial charge in [0.15, 0.2) is 0 Å². The van der Waals surface area contributed by atoms with Gasteiger partial charge in [-0.2, -0.15) is 0 Å². The van der Waals surface area contributed by atoms with Crippen molar-refractivity contribution in [1.82, 2.24) is 4.57 Å². The molecule has 1 aromatic heterocycles. The van der Waals surface area contributed by atoms with Crippen molar-refractivity contribution in [3.8, 4) is 27.9 Å². The average molecular weight is 576 g/mol. The largest absolute Gasteiger partial charge is 0.309 e. The molecule has 0 aliphatic heterocycles. The van der Waals surface area contributed by atoms with E-state index in [4.69, 9.17) is 0 Å². The van der Waals surface area contributed by atoms with Crippen LogP contribution in [-0.4, -0.2) is 4.57 Å². The molecule has 1 nitrogen and oxygen atoms in total. The van der Waals surface area contributed by atoms with Crippen molar-refractivity contribution < 1.29 is 0 Å². The van der Waals surface area contributed by atoms with Crippen LogP contribution in [0.25, 0.3) is 71.3 Å². The zero-order valence-electron chi connectivity index (χ0n) is 26.1. The molecular weight excluding hydrogens is 542 g/mol. The lowest BCUT2D eigenvalue weighted by Gasteiger charge is -2.24. The predicted octanol–water partition coefficient (Wildman–Crippen LogP) is 11.7. The number of nitrogens with zero attached hydrogens (tertiary/aromatic N) is 1. The monoisotopic (exact) mass is 575 g/mol. The first-order chi connectivity index (χ1) is 21.9. The Kier molecular flexibility index (Phi) is 4.66. The van der Waals surface area contributed by atoms with Gasteiger partial charge in [-0.25, -0.2) is 0 Å². The predicted molar refractivity (Wildman–Crippen MR) is 191 cm³/mol. The minimum absolute atomic E-state index is 0.0881. The van der Waals surface area contributed by atoms with Crippen molar-refractivity contribution in [3.63, 3.8) is 0 Å². The fourth-order valence-electron chi connectivity index (χ4n) is 9.01. The number of hydrogen-bond donors (Lipinski definition) is 0. The molecule has 0 amide bonds. The molecule has 10 rings (SSSR count). The lowest BCUT2D eigenvalue weighted by Crippen LogP contribution is -2.16. The zero-order chi connectivity index (χ0) is 30.2. The van der Waals surface area contributed by atoms with Crippen molar-refractivity contribution in [2.24, 2.45) is 0 Å². The minimum Gasteiger partial charge on any atom is -0.309 e. The number of aromatic nitrogens is 1. The normalized spacial score (nSPS) is 15.5. The van der Waals surface area contributed by atoms with Crippen LogP contribution in [0.1, 0.15) is 49.9 Å². The van der Waals surface area contributed by atoms with Crippen molar-refractivity contribution in [1.29, 1.82) is 0 Å². The lowest BCUT2D eigenvalue weighted by molar-refractivity contribution is 0.661. The highest BCUT2D eigenvalue weighted by molar-refractivity contribution is 6.17. The van der Waals surface area contributed by atoms with Crippen LogP contribution in [0.15, 0.2) is 127 Å². The number of para-hydroxylation sites is 1. The van der Waals surface area contributed by atoms with Gasteiger partial charge in [-0.15, -0.1) is 0 Å². The second-order valence-electron chi connectivity index (χ2n) is 14.1. The van der Waals surface area contributed by atoms with E-state index in [1.165, 1.54) is 93.5 Å². The molecule has 0 spiro atoms. The maximum atomic E-state index is 2.57. The third-order valence-electron chi connectivity index (χ3n) is 11.1. The molecule has 0 radical (unpaired) electrons. The molecule has 0 unspecified atom stereocenters. The van der Waals surface area contributed by atoms with Gasteiger partial charge in [0.05, 0.1) is 11.0 Å². The van der Waals surface area contributed by atoms with Crippen LogP contribution in [0.4, 0.5) is 0 Å². The number of rotatable bonds is 1. The van der Waals surface area contributed by atoms with E-state index in [0.717, 1.165) is 0 Å². The van der Waals surface area contributed by atoms with E-state index in [1.54, 1.807) is 0 Å². The zero-order valence-corrected chi connectivity index (χ0v) is 26.1. The standard InChI is InChI=1S/C44H33N/c1-43(2)35-22-18-27-13-9-11-17-30(27)40(35)34-25-38-33(24-37(34)43)31-20-21-32-39-29-16-10-8-12-26(29)19-23-36(39)44(3,4)41(32)42(31)45(38)28-14-6-5-7-15-28/h5-25H,1-4H3. The van der Waals surface area contributed by atoms with Gasteiger partial charge >= 0.3 is 0 Å².